The molecule has 0 aromatic heterocycles. The SMILES string of the molecule is CCN(Cc1ccccc1)c1cccc(C)c1C. The first kappa shape index (κ1) is 12.7. The van der Waals surface area contributed by atoms with E-state index in [0.29, 0.717) is 0 Å². The number of nitrogens with zero attached hydrogens (tertiary/aromatic N) is 1. The van der Waals surface area contributed by atoms with Crippen molar-refractivity contribution < 1.29 is 0 Å². The van der Waals surface area contributed by atoms with Crippen molar-refractivity contribution in [3.63, 3.8) is 0 Å². The first-order valence-corrected chi connectivity index (χ1v) is 6.57. The Hall–Kier alpha value is -1.76. The van der Waals surface area contributed by atoms with Gasteiger partial charge in [0.2, 0.25) is 0 Å². The van der Waals surface area contributed by atoms with Crippen LogP contribution in [0.1, 0.15) is 23.6 Å². The van der Waals surface area contributed by atoms with Gasteiger partial charge in [-0.15, -0.1) is 0 Å². The number of rotatable bonds is 4. The number of benzene rings is 2. The highest BCUT2D eigenvalue weighted by atomic mass is 15.1. The van der Waals surface area contributed by atoms with E-state index in [1.165, 1.54) is 22.4 Å². The standard InChI is InChI=1S/C17H21N/c1-4-18(13-16-10-6-5-7-11-16)17-12-8-9-14(2)15(17)3/h5-12H,4,13H2,1-3H3. The van der Waals surface area contributed by atoms with Crippen LogP contribution in [0, 0.1) is 13.8 Å². The van der Waals surface area contributed by atoms with Gasteiger partial charge >= 0.3 is 0 Å². The topological polar surface area (TPSA) is 3.24 Å². The minimum atomic E-state index is 0.974. The van der Waals surface area contributed by atoms with Gasteiger partial charge in [-0.3, -0.25) is 0 Å². The van der Waals surface area contributed by atoms with E-state index in [4.69, 9.17) is 0 Å². The van der Waals surface area contributed by atoms with Crippen LogP contribution in [0.5, 0.6) is 0 Å². The maximum absolute atomic E-state index is 2.43. The molecule has 2 aromatic rings. The Kier molecular flexibility index (Phi) is 4.03. The molecule has 94 valence electrons. The zero-order valence-corrected chi connectivity index (χ0v) is 11.5. The third-order valence-corrected chi connectivity index (χ3v) is 3.51. The van der Waals surface area contributed by atoms with Gasteiger partial charge in [0.15, 0.2) is 0 Å². The Labute approximate surface area is 110 Å². The fraction of sp³-hybridized carbons (Fsp3) is 0.294. The smallest absolute Gasteiger partial charge is 0.0429 e. The summed E-state index contributed by atoms with van der Waals surface area (Å²) in [6.07, 6.45) is 0. The Bertz CT molecular complexity index is 502. The normalized spacial score (nSPS) is 10.4. The van der Waals surface area contributed by atoms with Crippen LogP contribution in [0.2, 0.25) is 0 Å². The second kappa shape index (κ2) is 5.72. The average molecular weight is 239 g/mol. The third kappa shape index (κ3) is 2.73. The second-order valence-corrected chi connectivity index (χ2v) is 4.72. The highest BCUT2D eigenvalue weighted by molar-refractivity contribution is 5.56. The first-order chi connectivity index (χ1) is 8.72. The molecule has 0 saturated carbocycles. The van der Waals surface area contributed by atoms with Gasteiger partial charge in [0.05, 0.1) is 0 Å². The monoisotopic (exact) mass is 239 g/mol. The van der Waals surface area contributed by atoms with Gasteiger partial charge < -0.3 is 4.90 Å². The highest BCUT2D eigenvalue weighted by Crippen LogP contribution is 2.24. The molecule has 0 fully saturated rings. The minimum Gasteiger partial charge on any atom is -0.367 e. The zero-order valence-electron chi connectivity index (χ0n) is 11.5. The van der Waals surface area contributed by atoms with Crippen molar-refractivity contribution in [2.45, 2.75) is 27.3 Å². The van der Waals surface area contributed by atoms with Gasteiger partial charge in [-0.05, 0) is 43.5 Å². The summed E-state index contributed by atoms with van der Waals surface area (Å²) >= 11 is 0. The van der Waals surface area contributed by atoms with E-state index in [1.54, 1.807) is 0 Å². The van der Waals surface area contributed by atoms with Gasteiger partial charge in [0, 0.05) is 18.8 Å². The van der Waals surface area contributed by atoms with E-state index < -0.39 is 0 Å². The lowest BCUT2D eigenvalue weighted by Gasteiger charge is -2.26. The van der Waals surface area contributed by atoms with Gasteiger partial charge in [-0.1, -0.05) is 42.5 Å². The summed E-state index contributed by atoms with van der Waals surface area (Å²) < 4.78 is 0. The van der Waals surface area contributed by atoms with E-state index in [2.05, 4.69) is 74.2 Å². The Morgan fingerprint density at radius 2 is 1.61 bits per heavy atom. The second-order valence-electron chi connectivity index (χ2n) is 4.72. The maximum atomic E-state index is 2.43. The molecule has 18 heavy (non-hydrogen) atoms. The lowest BCUT2D eigenvalue weighted by molar-refractivity contribution is 0.827. The van der Waals surface area contributed by atoms with Crippen molar-refractivity contribution in [1.82, 2.24) is 0 Å². The molecule has 2 aromatic carbocycles. The number of anilines is 1. The Morgan fingerprint density at radius 3 is 2.28 bits per heavy atom. The van der Waals surface area contributed by atoms with Crippen LogP contribution >= 0.6 is 0 Å². The van der Waals surface area contributed by atoms with Crippen molar-refractivity contribution in [3.05, 3.63) is 65.2 Å². The van der Waals surface area contributed by atoms with Gasteiger partial charge in [0.25, 0.3) is 0 Å². The van der Waals surface area contributed by atoms with Crippen LogP contribution in [0.25, 0.3) is 0 Å². The summed E-state index contributed by atoms with van der Waals surface area (Å²) in [5.41, 5.74) is 5.45. The van der Waals surface area contributed by atoms with Gasteiger partial charge in [-0.2, -0.15) is 0 Å². The summed E-state index contributed by atoms with van der Waals surface area (Å²) in [6.45, 7) is 8.60. The summed E-state index contributed by atoms with van der Waals surface area (Å²) in [5, 5.41) is 0. The number of aryl methyl sites for hydroxylation is 1. The molecule has 0 unspecified atom stereocenters. The third-order valence-electron chi connectivity index (χ3n) is 3.51. The number of hydrogen-bond donors (Lipinski definition) is 0. The molecular weight excluding hydrogens is 218 g/mol. The van der Waals surface area contributed by atoms with Crippen molar-refractivity contribution in [1.29, 1.82) is 0 Å². The van der Waals surface area contributed by atoms with Crippen LogP contribution in [0.3, 0.4) is 0 Å². The van der Waals surface area contributed by atoms with Crippen LogP contribution in [0.15, 0.2) is 48.5 Å². The fourth-order valence-corrected chi connectivity index (χ4v) is 2.25. The van der Waals surface area contributed by atoms with E-state index in [9.17, 15) is 0 Å². The molecule has 0 heterocycles. The quantitative estimate of drug-likeness (QED) is 0.767. The first-order valence-electron chi connectivity index (χ1n) is 6.57. The van der Waals surface area contributed by atoms with Crippen LogP contribution in [-0.4, -0.2) is 6.54 Å². The summed E-state index contributed by atoms with van der Waals surface area (Å²) in [7, 11) is 0. The lowest BCUT2D eigenvalue weighted by Crippen LogP contribution is -2.23. The largest absolute Gasteiger partial charge is 0.367 e. The summed E-state index contributed by atoms with van der Waals surface area (Å²) in [4.78, 5) is 2.43. The molecule has 0 aliphatic heterocycles. The van der Waals surface area contributed by atoms with E-state index in [0.717, 1.165) is 13.1 Å². The van der Waals surface area contributed by atoms with Crippen molar-refractivity contribution >= 4 is 5.69 Å². The van der Waals surface area contributed by atoms with Crippen molar-refractivity contribution in [3.8, 4) is 0 Å². The molecule has 0 radical (unpaired) electrons. The molecule has 1 heteroatoms. The van der Waals surface area contributed by atoms with Crippen LogP contribution in [-0.2, 0) is 6.54 Å². The zero-order chi connectivity index (χ0) is 13.0. The fourth-order valence-electron chi connectivity index (χ4n) is 2.25. The summed E-state index contributed by atoms with van der Waals surface area (Å²) in [6, 6.07) is 17.2. The summed E-state index contributed by atoms with van der Waals surface area (Å²) in [5.74, 6) is 0. The molecule has 0 amide bonds. The van der Waals surface area contributed by atoms with Crippen LogP contribution < -0.4 is 4.90 Å². The highest BCUT2D eigenvalue weighted by Gasteiger charge is 2.08. The Morgan fingerprint density at radius 1 is 0.889 bits per heavy atom. The molecule has 0 N–H and O–H groups in total. The maximum Gasteiger partial charge on any atom is 0.0429 e. The van der Waals surface area contributed by atoms with E-state index >= 15 is 0 Å². The van der Waals surface area contributed by atoms with E-state index in [1.807, 2.05) is 0 Å². The average Bonchev–Trinajstić information content (AvgIpc) is 2.41. The predicted octanol–water partition coefficient (Wildman–Crippen LogP) is 4.33. The molecule has 0 atom stereocenters. The molecule has 0 saturated heterocycles. The van der Waals surface area contributed by atoms with Crippen LogP contribution in [0.4, 0.5) is 5.69 Å². The van der Waals surface area contributed by atoms with Gasteiger partial charge in [-0.25, -0.2) is 0 Å². The van der Waals surface area contributed by atoms with Gasteiger partial charge in [0.1, 0.15) is 0 Å². The molecule has 2 rings (SSSR count). The lowest BCUT2D eigenvalue weighted by atomic mass is 10.1. The number of hydrogen-bond acceptors (Lipinski definition) is 1. The molecule has 0 bridgehead atoms. The molecule has 1 nitrogen and oxygen atoms in total. The molecular formula is C17H21N. The van der Waals surface area contributed by atoms with Crippen molar-refractivity contribution in [2.75, 3.05) is 11.4 Å². The predicted molar refractivity (Wildman–Crippen MR) is 79.1 cm³/mol. The molecule has 0 aliphatic rings. The molecule has 0 spiro atoms. The minimum absolute atomic E-state index is 0.974. The van der Waals surface area contributed by atoms with Crippen molar-refractivity contribution in [2.24, 2.45) is 0 Å². The Balaban J connectivity index is 2.26. The van der Waals surface area contributed by atoms with E-state index in [-0.39, 0.29) is 0 Å². The molecule has 0 aliphatic carbocycles.